The summed E-state index contributed by atoms with van der Waals surface area (Å²) in [5, 5.41) is 9.53. The molecule has 1 aromatic heterocycles. The van der Waals surface area contributed by atoms with Crippen molar-refractivity contribution in [3.63, 3.8) is 0 Å². The van der Waals surface area contributed by atoms with Gasteiger partial charge in [-0.1, -0.05) is 6.07 Å². The van der Waals surface area contributed by atoms with E-state index >= 15 is 0 Å². The van der Waals surface area contributed by atoms with Crippen LogP contribution in [-0.4, -0.2) is 44.2 Å². The molecule has 0 saturated carbocycles. The number of thiazole rings is 1. The Balaban J connectivity index is 1.54. The molecule has 3 aromatic rings. The van der Waals surface area contributed by atoms with Crippen molar-refractivity contribution in [2.75, 3.05) is 32.0 Å². The van der Waals surface area contributed by atoms with Gasteiger partial charge in [-0.05, 0) is 73.9 Å². The van der Waals surface area contributed by atoms with Crippen molar-refractivity contribution in [2.45, 2.75) is 58.0 Å². The van der Waals surface area contributed by atoms with Gasteiger partial charge in [0.05, 0.1) is 38.8 Å². The standard InChI is InChI=1S/C30H34N4O6S/c1-15(29(37)34-30-33-22-7-6-8-25(22)41-30)31-21-12-10-18-19(14-23(21)36)20(32-16(2)35)11-9-17-13-24(38-3)27(39-4)28(40-5)26(17)18/h10,12-15,20H,6-9,11H2,1-5H3,(H,31,36)(H,32,35)(H,33,34,37)/t15-,20+/m0/s1. The molecule has 2 aromatic carbocycles. The Bertz CT molecular complexity index is 1550. The number of hydrogen-bond acceptors (Lipinski definition) is 9. The van der Waals surface area contributed by atoms with Gasteiger partial charge in [0.15, 0.2) is 16.6 Å². The van der Waals surface area contributed by atoms with Crippen molar-refractivity contribution < 1.29 is 23.8 Å². The van der Waals surface area contributed by atoms with Crippen molar-refractivity contribution in [1.82, 2.24) is 10.3 Å². The molecule has 2 amide bonds. The fourth-order valence-corrected chi connectivity index (χ4v) is 6.64. The van der Waals surface area contributed by atoms with Crippen molar-refractivity contribution >= 4 is 34.0 Å². The first-order valence-corrected chi connectivity index (χ1v) is 14.4. The molecule has 2 aliphatic rings. The van der Waals surface area contributed by atoms with Gasteiger partial charge in [0.1, 0.15) is 6.04 Å². The summed E-state index contributed by atoms with van der Waals surface area (Å²) >= 11 is 1.50. The van der Waals surface area contributed by atoms with Crippen molar-refractivity contribution in [3.05, 3.63) is 56.2 Å². The van der Waals surface area contributed by atoms with Crippen LogP contribution in [-0.2, 0) is 28.9 Å². The molecule has 3 N–H and O–H groups in total. The van der Waals surface area contributed by atoms with Crippen LogP contribution in [0.4, 0.5) is 10.8 Å². The van der Waals surface area contributed by atoms with Crippen LogP contribution in [0, 0.1) is 0 Å². The molecule has 11 heteroatoms. The number of nitrogens with one attached hydrogen (secondary N) is 3. The van der Waals surface area contributed by atoms with Gasteiger partial charge in [0.2, 0.25) is 23.0 Å². The molecule has 0 bridgehead atoms. The Labute approximate surface area is 242 Å². The second-order valence-corrected chi connectivity index (χ2v) is 11.3. The molecule has 2 atom stereocenters. The molecule has 0 fully saturated rings. The third kappa shape index (κ3) is 5.58. The number of aromatic nitrogens is 1. The normalized spacial score (nSPS) is 15.9. The fraction of sp³-hybridized carbons (Fsp3) is 0.400. The number of nitrogens with zero attached hydrogens (tertiary/aromatic N) is 1. The number of carbonyl (C=O) groups is 2. The van der Waals surface area contributed by atoms with Crippen LogP contribution in [0.1, 0.15) is 54.4 Å². The number of methoxy groups -OCH3 is 3. The summed E-state index contributed by atoms with van der Waals surface area (Å²) in [6.07, 6.45) is 4.19. The first kappa shape index (κ1) is 28.4. The van der Waals surface area contributed by atoms with E-state index in [1.54, 1.807) is 34.3 Å². The zero-order chi connectivity index (χ0) is 29.3. The first-order chi connectivity index (χ1) is 19.7. The highest BCUT2D eigenvalue weighted by molar-refractivity contribution is 7.15. The number of carbonyl (C=O) groups excluding carboxylic acids is 2. The van der Waals surface area contributed by atoms with Gasteiger partial charge in [-0.25, -0.2) is 4.98 Å². The summed E-state index contributed by atoms with van der Waals surface area (Å²) in [5.41, 5.74) is 4.07. The number of ether oxygens (including phenoxy) is 3. The van der Waals surface area contributed by atoms with E-state index in [1.807, 2.05) is 12.1 Å². The number of rotatable bonds is 8. The maximum absolute atomic E-state index is 13.5. The zero-order valence-corrected chi connectivity index (χ0v) is 24.6. The van der Waals surface area contributed by atoms with Gasteiger partial charge >= 0.3 is 0 Å². The van der Waals surface area contributed by atoms with Crippen LogP contribution in [0.25, 0.3) is 11.1 Å². The number of amides is 2. The highest BCUT2D eigenvalue weighted by atomic mass is 32.1. The minimum atomic E-state index is -0.707. The summed E-state index contributed by atoms with van der Waals surface area (Å²) in [7, 11) is 4.66. The van der Waals surface area contributed by atoms with Gasteiger partial charge < -0.3 is 30.2 Å². The van der Waals surface area contributed by atoms with Gasteiger partial charge in [-0.2, -0.15) is 0 Å². The molecule has 41 heavy (non-hydrogen) atoms. The molecular weight excluding hydrogens is 544 g/mol. The van der Waals surface area contributed by atoms with Gasteiger partial charge in [0.25, 0.3) is 0 Å². The van der Waals surface area contributed by atoms with Crippen molar-refractivity contribution in [3.8, 4) is 28.4 Å². The average Bonchev–Trinajstić information content (AvgIpc) is 3.46. The second-order valence-electron chi connectivity index (χ2n) is 10.2. The van der Waals surface area contributed by atoms with E-state index in [4.69, 9.17) is 14.2 Å². The summed E-state index contributed by atoms with van der Waals surface area (Å²) in [6, 6.07) is 5.79. The molecule has 0 spiro atoms. The number of hydrogen-bond donors (Lipinski definition) is 3. The maximum Gasteiger partial charge on any atom is 0.248 e. The largest absolute Gasteiger partial charge is 0.493 e. The first-order valence-electron chi connectivity index (χ1n) is 13.6. The van der Waals surface area contributed by atoms with Crippen LogP contribution < -0.4 is 35.6 Å². The quantitative estimate of drug-likeness (QED) is 0.362. The van der Waals surface area contributed by atoms with E-state index in [0.29, 0.717) is 46.3 Å². The Morgan fingerprint density at radius 3 is 2.51 bits per heavy atom. The average molecular weight is 579 g/mol. The van der Waals surface area contributed by atoms with Crippen LogP contribution in [0.2, 0.25) is 0 Å². The maximum atomic E-state index is 13.5. The molecule has 0 aliphatic heterocycles. The van der Waals surface area contributed by atoms with E-state index in [1.165, 1.54) is 29.2 Å². The van der Waals surface area contributed by atoms with Gasteiger partial charge in [0, 0.05) is 17.4 Å². The Morgan fingerprint density at radius 2 is 1.83 bits per heavy atom. The summed E-state index contributed by atoms with van der Waals surface area (Å²) in [5.74, 6) is 0.945. The molecule has 0 radical (unpaired) electrons. The SMILES string of the molecule is COc1cc2c(c(OC)c1OC)-c1ccc(N[C@@H](C)C(=O)Nc3nc4c(s3)CCC4)c(=O)cc1[C@H](NC(C)=O)CC2. The third-order valence-corrected chi connectivity index (χ3v) is 8.58. The lowest BCUT2D eigenvalue weighted by atomic mass is 9.95. The predicted octanol–water partition coefficient (Wildman–Crippen LogP) is 4.25. The monoisotopic (exact) mass is 578 g/mol. The highest BCUT2D eigenvalue weighted by Crippen LogP contribution is 2.50. The van der Waals surface area contributed by atoms with Crippen molar-refractivity contribution in [1.29, 1.82) is 0 Å². The topological polar surface area (TPSA) is 128 Å². The van der Waals surface area contributed by atoms with Crippen LogP contribution >= 0.6 is 11.3 Å². The molecule has 10 nitrogen and oxygen atoms in total. The predicted molar refractivity (Wildman–Crippen MR) is 159 cm³/mol. The summed E-state index contributed by atoms with van der Waals surface area (Å²) in [4.78, 5) is 44.4. The second kappa shape index (κ2) is 11.8. The molecule has 1 heterocycles. The molecule has 216 valence electrons. The lowest BCUT2D eigenvalue weighted by Gasteiger charge is -2.19. The van der Waals surface area contributed by atoms with Gasteiger partial charge in [-0.15, -0.1) is 11.3 Å². The van der Waals surface area contributed by atoms with E-state index < -0.39 is 12.1 Å². The molecule has 0 saturated heterocycles. The van der Waals surface area contributed by atoms with E-state index in [-0.39, 0.29) is 22.9 Å². The lowest BCUT2D eigenvalue weighted by molar-refractivity contribution is -0.119. The minimum absolute atomic E-state index is 0.204. The van der Waals surface area contributed by atoms with E-state index in [0.717, 1.165) is 36.1 Å². The van der Waals surface area contributed by atoms with Crippen LogP contribution in [0.5, 0.6) is 17.2 Å². The molecule has 0 unspecified atom stereocenters. The number of fused-ring (bicyclic) bond motifs is 4. The molecule has 5 rings (SSSR count). The highest BCUT2D eigenvalue weighted by Gasteiger charge is 2.30. The summed E-state index contributed by atoms with van der Waals surface area (Å²) < 4.78 is 17.0. The fourth-order valence-electron chi connectivity index (χ4n) is 5.58. The molecule has 2 aliphatic carbocycles. The van der Waals surface area contributed by atoms with Crippen LogP contribution in [0.3, 0.4) is 0 Å². The third-order valence-electron chi connectivity index (χ3n) is 7.51. The molecular formula is C30H34N4O6S. The Kier molecular flexibility index (Phi) is 8.16. The van der Waals surface area contributed by atoms with E-state index in [2.05, 4.69) is 20.9 Å². The zero-order valence-electron chi connectivity index (χ0n) is 23.8. The smallest absolute Gasteiger partial charge is 0.248 e. The number of aryl methyl sites for hydroxylation is 3. The van der Waals surface area contributed by atoms with Crippen molar-refractivity contribution in [2.24, 2.45) is 0 Å². The Hall–Kier alpha value is -4.12. The Morgan fingerprint density at radius 1 is 1.05 bits per heavy atom. The minimum Gasteiger partial charge on any atom is -0.493 e. The number of anilines is 2. The van der Waals surface area contributed by atoms with Gasteiger partial charge in [-0.3, -0.25) is 14.4 Å². The lowest BCUT2D eigenvalue weighted by Crippen LogP contribution is -2.33. The van der Waals surface area contributed by atoms with Crippen LogP contribution in [0.15, 0.2) is 29.1 Å². The van der Waals surface area contributed by atoms with E-state index in [9.17, 15) is 14.4 Å². The number of benzene rings is 1. The summed E-state index contributed by atoms with van der Waals surface area (Å²) in [6.45, 7) is 3.15.